The lowest BCUT2D eigenvalue weighted by Gasteiger charge is -2.37. The predicted octanol–water partition coefficient (Wildman–Crippen LogP) is 1.28. The molecule has 0 saturated heterocycles. The van der Waals surface area contributed by atoms with E-state index in [4.69, 9.17) is 5.11 Å². The van der Waals surface area contributed by atoms with Crippen LogP contribution in [0.2, 0.25) is 0 Å². The quantitative estimate of drug-likeness (QED) is 0.204. The Morgan fingerprint density at radius 1 is 1.00 bits per heavy atom. The zero-order chi connectivity index (χ0) is 17.6. The Hall–Kier alpha value is -1.40. The third kappa shape index (κ3) is 11.8. The van der Waals surface area contributed by atoms with Crippen LogP contribution in [0.1, 0.15) is 58.3 Å². The molecule has 0 bridgehead atoms. The van der Waals surface area contributed by atoms with E-state index in [0.717, 1.165) is 32.2 Å². The Morgan fingerprint density at radius 3 is 2.13 bits per heavy atom. The molecule has 6 nitrogen and oxygen atoms in total. The molecular formula is C17H31NO5. The number of carboxylic acids is 2. The number of aliphatic hydroxyl groups is 1. The highest BCUT2D eigenvalue weighted by Gasteiger charge is 2.25. The van der Waals surface area contributed by atoms with Crippen LogP contribution in [0.4, 0.5) is 0 Å². The van der Waals surface area contributed by atoms with Gasteiger partial charge in [-0.2, -0.15) is 0 Å². The molecular weight excluding hydrogens is 298 g/mol. The Bertz CT molecular complexity index is 348. The summed E-state index contributed by atoms with van der Waals surface area (Å²) in [5.41, 5.74) is 0. The minimum atomic E-state index is -1.09. The van der Waals surface area contributed by atoms with Crippen molar-refractivity contribution in [2.45, 2.75) is 58.3 Å². The SMILES string of the molecule is CC/C=C/CCCC[N+](CO)(CCCC(=O)[O-])CCCC(=O)O. The second-order valence-electron chi connectivity index (χ2n) is 6.00. The van der Waals surface area contributed by atoms with E-state index in [9.17, 15) is 19.8 Å². The van der Waals surface area contributed by atoms with Crippen LogP contribution in [0.5, 0.6) is 0 Å². The molecule has 23 heavy (non-hydrogen) atoms. The number of hydrogen-bond donors (Lipinski definition) is 2. The minimum Gasteiger partial charge on any atom is -0.550 e. The van der Waals surface area contributed by atoms with Gasteiger partial charge in [-0.3, -0.25) is 4.79 Å². The van der Waals surface area contributed by atoms with Gasteiger partial charge in [-0.15, -0.1) is 0 Å². The first-order valence-electron chi connectivity index (χ1n) is 8.48. The van der Waals surface area contributed by atoms with Gasteiger partial charge >= 0.3 is 5.97 Å². The van der Waals surface area contributed by atoms with E-state index in [-0.39, 0.29) is 19.6 Å². The number of rotatable bonds is 15. The van der Waals surface area contributed by atoms with Crippen LogP contribution in [0.25, 0.3) is 0 Å². The number of allylic oxidation sites excluding steroid dienone is 2. The largest absolute Gasteiger partial charge is 0.550 e. The van der Waals surface area contributed by atoms with E-state index in [1.54, 1.807) is 0 Å². The molecule has 0 rings (SSSR count). The summed E-state index contributed by atoms with van der Waals surface area (Å²) in [6.45, 7) is 3.83. The monoisotopic (exact) mass is 329 g/mol. The van der Waals surface area contributed by atoms with Crippen molar-refractivity contribution >= 4 is 11.9 Å². The van der Waals surface area contributed by atoms with Crippen LogP contribution in [-0.2, 0) is 9.59 Å². The second-order valence-corrected chi connectivity index (χ2v) is 6.00. The minimum absolute atomic E-state index is 0.0296. The summed E-state index contributed by atoms with van der Waals surface area (Å²) in [5.74, 6) is -1.93. The molecule has 0 amide bonds. The maximum Gasteiger partial charge on any atom is 0.303 e. The first kappa shape index (κ1) is 21.6. The molecule has 0 aromatic rings. The highest BCUT2D eigenvalue weighted by atomic mass is 16.4. The molecule has 0 spiro atoms. The van der Waals surface area contributed by atoms with Gasteiger partial charge in [0.05, 0.1) is 26.1 Å². The summed E-state index contributed by atoms with van der Waals surface area (Å²) in [6.07, 6.45) is 9.18. The predicted molar refractivity (Wildman–Crippen MR) is 86.3 cm³/mol. The van der Waals surface area contributed by atoms with Crippen LogP contribution in [0, 0.1) is 0 Å². The van der Waals surface area contributed by atoms with Crippen molar-refractivity contribution in [2.75, 3.05) is 26.4 Å². The van der Waals surface area contributed by atoms with E-state index in [2.05, 4.69) is 19.1 Å². The van der Waals surface area contributed by atoms with Crippen molar-refractivity contribution in [3.63, 3.8) is 0 Å². The number of nitrogens with zero attached hydrogens (tertiary/aromatic N) is 1. The fourth-order valence-corrected chi connectivity index (χ4v) is 2.67. The molecule has 0 aliphatic rings. The lowest BCUT2D eigenvalue weighted by molar-refractivity contribution is -0.945. The average molecular weight is 329 g/mol. The van der Waals surface area contributed by atoms with Crippen molar-refractivity contribution < 1.29 is 29.4 Å². The van der Waals surface area contributed by atoms with Gasteiger partial charge in [0.2, 0.25) is 0 Å². The number of quaternary nitrogens is 1. The zero-order valence-electron chi connectivity index (χ0n) is 14.2. The summed E-state index contributed by atoms with van der Waals surface area (Å²) >= 11 is 0. The summed E-state index contributed by atoms with van der Waals surface area (Å²) in [6, 6.07) is 0. The average Bonchev–Trinajstić information content (AvgIpc) is 2.49. The second kappa shape index (κ2) is 13.1. The fraction of sp³-hybridized carbons (Fsp3) is 0.765. The molecule has 0 aromatic carbocycles. The molecule has 0 radical (unpaired) electrons. The molecule has 0 fully saturated rings. The van der Waals surface area contributed by atoms with Crippen molar-refractivity contribution in [2.24, 2.45) is 0 Å². The normalized spacial score (nSPS) is 14.0. The summed E-state index contributed by atoms with van der Waals surface area (Å²) < 4.78 is 0.373. The summed E-state index contributed by atoms with van der Waals surface area (Å²) in [7, 11) is 0. The summed E-state index contributed by atoms with van der Waals surface area (Å²) in [5, 5.41) is 29.1. The molecule has 1 unspecified atom stereocenters. The fourth-order valence-electron chi connectivity index (χ4n) is 2.67. The van der Waals surface area contributed by atoms with Gasteiger partial charge in [0.1, 0.15) is 0 Å². The molecule has 2 N–H and O–H groups in total. The maximum absolute atomic E-state index is 10.7. The molecule has 1 atom stereocenters. The molecule has 0 aliphatic carbocycles. The van der Waals surface area contributed by atoms with E-state index < -0.39 is 11.9 Å². The Labute approximate surface area is 139 Å². The molecule has 0 aliphatic heterocycles. The van der Waals surface area contributed by atoms with Gasteiger partial charge in [0.15, 0.2) is 6.73 Å². The van der Waals surface area contributed by atoms with Crippen molar-refractivity contribution in [1.82, 2.24) is 0 Å². The standard InChI is InChI=1S/C17H31NO5/c1-2-3-4-5-6-7-12-18(15-19,13-8-10-16(20)21)14-9-11-17(22)23/h3-4,19H,2,5-15H2,1H3,(H-,20,21,22,23)/b4-3+. The molecule has 0 aromatic heterocycles. The Balaban J connectivity index is 4.43. The lowest BCUT2D eigenvalue weighted by Crippen LogP contribution is -2.51. The number of carbonyl (C=O) groups is 2. The number of aliphatic carboxylic acids is 2. The molecule has 134 valence electrons. The van der Waals surface area contributed by atoms with E-state index >= 15 is 0 Å². The van der Waals surface area contributed by atoms with Crippen LogP contribution in [0.3, 0.4) is 0 Å². The lowest BCUT2D eigenvalue weighted by atomic mass is 10.1. The van der Waals surface area contributed by atoms with Gasteiger partial charge in [0, 0.05) is 18.8 Å². The Kier molecular flexibility index (Phi) is 12.3. The number of hydrogen-bond acceptors (Lipinski definition) is 4. The van der Waals surface area contributed by atoms with Gasteiger partial charge in [-0.25, -0.2) is 0 Å². The maximum atomic E-state index is 10.7. The van der Waals surface area contributed by atoms with Crippen molar-refractivity contribution in [3.8, 4) is 0 Å². The van der Waals surface area contributed by atoms with Crippen molar-refractivity contribution in [1.29, 1.82) is 0 Å². The molecule has 6 heteroatoms. The van der Waals surface area contributed by atoms with E-state index in [1.807, 2.05) is 0 Å². The first-order chi connectivity index (χ1) is 11.0. The number of carboxylic acid groups (broad SMARTS) is 2. The highest BCUT2D eigenvalue weighted by Crippen LogP contribution is 2.14. The van der Waals surface area contributed by atoms with Gasteiger partial charge in [0.25, 0.3) is 0 Å². The molecule has 0 saturated carbocycles. The third-order valence-corrected chi connectivity index (χ3v) is 3.99. The first-order valence-corrected chi connectivity index (χ1v) is 8.48. The summed E-state index contributed by atoms with van der Waals surface area (Å²) in [4.78, 5) is 21.2. The number of aliphatic hydroxyl groups excluding tert-OH is 1. The van der Waals surface area contributed by atoms with Gasteiger partial charge < -0.3 is 24.6 Å². The van der Waals surface area contributed by atoms with E-state index in [1.165, 1.54) is 0 Å². The molecule has 0 heterocycles. The van der Waals surface area contributed by atoms with Crippen LogP contribution < -0.4 is 5.11 Å². The van der Waals surface area contributed by atoms with Crippen LogP contribution in [0.15, 0.2) is 12.2 Å². The Morgan fingerprint density at radius 2 is 1.61 bits per heavy atom. The number of carbonyl (C=O) groups excluding carboxylic acids is 1. The third-order valence-electron chi connectivity index (χ3n) is 3.99. The van der Waals surface area contributed by atoms with E-state index in [0.29, 0.717) is 30.4 Å². The smallest absolute Gasteiger partial charge is 0.303 e. The van der Waals surface area contributed by atoms with Gasteiger partial charge in [-0.1, -0.05) is 19.1 Å². The zero-order valence-corrected chi connectivity index (χ0v) is 14.2. The topological polar surface area (TPSA) is 97.7 Å². The highest BCUT2D eigenvalue weighted by molar-refractivity contribution is 5.66. The van der Waals surface area contributed by atoms with Crippen LogP contribution in [-0.4, -0.2) is 53.0 Å². The van der Waals surface area contributed by atoms with Crippen LogP contribution >= 0.6 is 0 Å². The van der Waals surface area contributed by atoms with Gasteiger partial charge in [-0.05, 0) is 32.1 Å². The number of unbranched alkanes of at least 4 members (excludes halogenated alkanes) is 2. The van der Waals surface area contributed by atoms with Crippen molar-refractivity contribution in [3.05, 3.63) is 12.2 Å².